The molecule has 2 bridgehead atoms. The molecule has 0 aromatic heterocycles. The van der Waals surface area contributed by atoms with Crippen molar-refractivity contribution in [2.24, 2.45) is 5.92 Å². The highest BCUT2D eigenvalue weighted by Gasteiger charge is 2.57. The summed E-state index contributed by atoms with van der Waals surface area (Å²) in [7, 11) is 0. The van der Waals surface area contributed by atoms with Gasteiger partial charge < -0.3 is 20.1 Å². The summed E-state index contributed by atoms with van der Waals surface area (Å²) in [4.78, 5) is 24.5. The maximum Gasteiger partial charge on any atom is 0.258 e. The Labute approximate surface area is 184 Å². The third kappa shape index (κ3) is 4.99. The van der Waals surface area contributed by atoms with Crippen molar-refractivity contribution in [3.8, 4) is 11.5 Å². The van der Waals surface area contributed by atoms with Crippen LogP contribution in [0.4, 0.5) is 0 Å². The van der Waals surface area contributed by atoms with E-state index in [1.807, 2.05) is 0 Å². The van der Waals surface area contributed by atoms with Crippen LogP contribution in [0, 0.1) is 5.92 Å². The monoisotopic (exact) mass is 448 g/mol. The van der Waals surface area contributed by atoms with Gasteiger partial charge in [-0.25, -0.2) is 0 Å². The molecule has 2 amide bonds. The maximum atomic E-state index is 12.3. The first-order chi connectivity index (χ1) is 14.4. The summed E-state index contributed by atoms with van der Waals surface area (Å²) in [5.74, 6) is 1.17. The Morgan fingerprint density at radius 2 is 1.60 bits per heavy atom. The summed E-state index contributed by atoms with van der Waals surface area (Å²) in [6.07, 6.45) is 2.44. The molecule has 2 aromatic carbocycles. The second-order valence-electron chi connectivity index (χ2n) is 7.86. The number of nitrogens with one attached hydrogen (secondary N) is 2. The van der Waals surface area contributed by atoms with E-state index in [0.29, 0.717) is 33.9 Å². The van der Waals surface area contributed by atoms with E-state index in [1.54, 1.807) is 48.5 Å². The van der Waals surface area contributed by atoms with Gasteiger partial charge in [0.2, 0.25) is 0 Å². The highest BCUT2D eigenvalue weighted by atomic mass is 35.5. The summed E-state index contributed by atoms with van der Waals surface area (Å²) in [6.45, 7) is -0.129. The molecule has 1 unspecified atom stereocenters. The van der Waals surface area contributed by atoms with Crippen molar-refractivity contribution >= 4 is 35.0 Å². The summed E-state index contributed by atoms with van der Waals surface area (Å²) in [5, 5.41) is 7.28. The molecule has 6 nitrogen and oxygen atoms in total. The largest absolute Gasteiger partial charge is 0.484 e. The molecule has 158 valence electrons. The number of carbonyl (C=O) groups is 2. The fraction of sp³-hybridized carbons (Fsp3) is 0.364. The molecular formula is C22H22Cl2N2O4. The summed E-state index contributed by atoms with van der Waals surface area (Å²) in [6, 6.07) is 13.8. The molecule has 0 radical (unpaired) electrons. The number of amides is 2. The molecule has 0 aliphatic heterocycles. The van der Waals surface area contributed by atoms with Crippen molar-refractivity contribution in [3.05, 3.63) is 58.6 Å². The highest BCUT2D eigenvalue weighted by Crippen LogP contribution is 2.51. The third-order valence-corrected chi connectivity index (χ3v) is 6.07. The lowest BCUT2D eigenvalue weighted by molar-refractivity contribution is -0.126. The topological polar surface area (TPSA) is 76.7 Å². The van der Waals surface area contributed by atoms with Gasteiger partial charge in [0.15, 0.2) is 13.2 Å². The molecule has 5 rings (SSSR count). The second-order valence-corrected chi connectivity index (χ2v) is 8.74. The highest BCUT2D eigenvalue weighted by molar-refractivity contribution is 6.30. The molecule has 3 saturated carbocycles. The van der Waals surface area contributed by atoms with E-state index in [2.05, 4.69) is 10.6 Å². The summed E-state index contributed by atoms with van der Waals surface area (Å²) < 4.78 is 11.0. The van der Waals surface area contributed by atoms with Crippen LogP contribution in [0.3, 0.4) is 0 Å². The van der Waals surface area contributed by atoms with Crippen LogP contribution in [0.2, 0.25) is 10.0 Å². The van der Waals surface area contributed by atoms with Crippen LogP contribution in [0.15, 0.2) is 48.5 Å². The predicted molar refractivity (Wildman–Crippen MR) is 114 cm³/mol. The third-order valence-electron chi connectivity index (χ3n) is 5.59. The minimum absolute atomic E-state index is 0.0421. The molecule has 1 atom stereocenters. The molecule has 2 aromatic rings. The minimum Gasteiger partial charge on any atom is -0.484 e. The number of carbonyl (C=O) groups excluding carboxylic acids is 2. The van der Waals surface area contributed by atoms with Crippen molar-refractivity contribution in [3.63, 3.8) is 0 Å². The Hall–Kier alpha value is -2.44. The zero-order chi connectivity index (χ0) is 21.1. The van der Waals surface area contributed by atoms with Gasteiger partial charge in [-0.05, 0) is 67.6 Å². The molecular weight excluding hydrogens is 427 g/mol. The molecule has 30 heavy (non-hydrogen) atoms. The molecule has 3 aliphatic rings. The minimum atomic E-state index is -0.256. The van der Waals surface area contributed by atoms with Gasteiger partial charge in [0, 0.05) is 21.6 Å². The van der Waals surface area contributed by atoms with Gasteiger partial charge in [-0.2, -0.15) is 0 Å². The van der Waals surface area contributed by atoms with Crippen molar-refractivity contribution < 1.29 is 19.1 Å². The lowest BCUT2D eigenvalue weighted by Gasteiger charge is -2.39. The van der Waals surface area contributed by atoms with E-state index in [9.17, 15) is 9.59 Å². The zero-order valence-electron chi connectivity index (χ0n) is 16.2. The van der Waals surface area contributed by atoms with Gasteiger partial charge in [-0.1, -0.05) is 29.3 Å². The van der Waals surface area contributed by atoms with Crippen LogP contribution in [-0.2, 0) is 9.59 Å². The average molecular weight is 449 g/mol. The summed E-state index contributed by atoms with van der Waals surface area (Å²) in [5.41, 5.74) is -0.256. The van der Waals surface area contributed by atoms with Gasteiger partial charge in [-0.15, -0.1) is 0 Å². The molecule has 0 saturated heterocycles. The quantitative estimate of drug-likeness (QED) is 0.646. The van der Waals surface area contributed by atoms with E-state index in [0.717, 1.165) is 12.8 Å². The standard InChI is InChI=1S/C22H22Cl2N2O4/c23-15-4-6-17(7-5-15)29-12-20(27)25-19-11-22(9-14(19)10-22)26-21(28)13-30-18-3-1-2-16(24)8-18/h1-8,14,19H,9-13H2,(H,25,27)(H,26,28). The molecule has 2 N–H and O–H groups in total. The van der Waals surface area contributed by atoms with Crippen LogP contribution in [0.5, 0.6) is 11.5 Å². The van der Waals surface area contributed by atoms with Crippen LogP contribution < -0.4 is 20.1 Å². The second kappa shape index (κ2) is 8.74. The van der Waals surface area contributed by atoms with E-state index in [4.69, 9.17) is 32.7 Å². The lowest BCUT2D eigenvalue weighted by atomic mass is 9.76. The fourth-order valence-electron chi connectivity index (χ4n) is 4.27. The van der Waals surface area contributed by atoms with E-state index < -0.39 is 0 Å². The number of hydrogen-bond acceptors (Lipinski definition) is 4. The van der Waals surface area contributed by atoms with Crippen molar-refractivity contribution in [2.45, 2.75) is 30.8 Å². The van der Waals surface area contributed by atoms with Gasteiger partial charge in [0.1, 0.15) is 11.5 Å². The van der Waals surface area contributed by atoms with E-state index >= 15 is 0 Å². The van der Waals surface area contributed by atoms with Gasteiger partial charge in [0.05, 0.1) is 0 Å². The van der Waals surface area contributed by atoms with Gasteiger partial charge in [0.25, 0.3) is 11.8 Å². The lowest BCUT2D eigenvalue weighted by Crippen LogP contribution is -2.53. The molecule has 3 aliphatic carbocycles. The van der Waals surface area contributed by atoms with E-state index in [-0.39, 0.29) is 36.6 Å². The van der Waals surface area contributed by atoms with Crippen molar-refractivity contribution in [1.29, 1.82) is 0 Å². The van der Waals surface area contributed by atoms with Crippen molar-refractivity contribution in [1.82, 2.24) is 10.6 Å². The average Bonchev–Trinajstić information content (AvgIpc) is 3.19. The maximum absolute atomic E-state index is 12.3. The Bertz CT molecular complexity index is 929. The van der Waals surface area contributed by atoms with Crippen molar-refractivity contribution in [2.75, 3.05) is 13.2 Å². The first kappa shape index (κ1) is 20.8. The Balaban J connectivity index is 1.20. The number of ether oxygens (including phenoxy) is 2. The van der Waals surface area contributed by atoms with E-state index in [1.165, 1.54) is 0 Å². The number of hydrogen-bond donors (Lipinski definition) is 2. The molecule has 3 fully saturated rings. The molecule has 0 heterocycles. The SMILES string of the molecule is O=C(COc1ccc(Cl)cc1)NC1CC2(NC(=O)COc3cccc(Cl)c3)CC1C2. The Morgan fingerprint density at radius 3 is 2.33 bits per heavy atom. The summed E-state index contributed by atoms with van der Waals surface area (Å²) >= 11 is 11.8. The van der Waals surface area contributed by atoms with Crippen LogP contribution >= 0.6 is 23.2 Å². The fourth-order valence-corrected chi connectivity index (χ4v) is 4.58. The van der Waals surface area contributed by atoms with Gasteiger partial charge >= 0.3 is 0 Å². The van der Waals surface area contributed by atoms with Crippen LogP contribution in [-0.4, -0.2) is 36.6 Å². The zero-order valence-corrected chi connectivity index (χ0v) is 17.7. The Kier molecular flexibility index (Phi) is 6.06. The number of rotatable bonds is 8. The first-order valence-corrected chi connectivity index (χ1v) is 10.5. The van der Waals surface area contributed by atoms with Crippen LogP contribution in [0.25, 0.3) is 0 Å². The number of benzene rings is 2. The normalized spacial score (nSPS) is 23.9. The number of fused-ring (bicyclic) bond motifs is 1. The van der Waals surface area contributed by atoms with Crippen LogP contribution in [0.1, 0.15) is 19.3 Å². The van der Waals surface area contributed by atoms with Gasteiger partial charge in [-0.3, -0.25) is 9.59 Å². The molecule has 0 spiro atoms. The number of halogens is 2. The first-order valence-electron chi connectivity index (χ1n) is 9.78. The smallest absolute Gasteiger partial charge is 0.258 e. The Morgan fingerprint density at radius 1 is 0.900 bits per heavy atom. The molecule has 8 heteroatoms. The predicted octanol–water partition coefficient (Wildman–Crippen LogP) is 3.60.